The highest BCUT2D eigenvalue weighted by molar-refractivity contribution is 8.27. The van der Waals surface area contributed by atoms with Crippen LogP contribution in [0.15, 0.2) is 34.6 Å². The number of aryl methyl sites for hydroxylation is 1. The van der Waals surface area contributed by atoms with Crippen LogP contribution in [0, 0.1) is 6.92 Å². The Kier molecular flexibility index (Phi) is 4.61. The number of thioether (sulfide) groups is 1. The van der Waals surface area contributed by atoms with Crippen molar-refractivity contribution in [3.63, 3.8) is 0 Å². The normalized spacial score (nSPS) is 16.9. The van der Waals surface area contributed by atoms with Crippen LogP contribution < -0.4 is 4.90 Å². The Morgan fingerprint density at radius 3 is 2.64 bits per heavy atom. The molecule has 0 radical (unpaired) electrons. The Labute approximate surface area is 151 Å². The molecule has 1 amide bonds. The number of benzene rings is 1. The second kappa shape index (κ2) is 6.34. The molecule has 1 aromatic carbocycles. The standard InChI is InChI=1S/C15H9Cl2NOS3/c1-8-4-5-21-12(8)7-13-14(19)18(15(20)22-13)9-2-3-10(16)11(17)6-9/h2-7H,1H3/b13-7+. The number of rotatable bonds is 2. The van der Waals surface area contributed by atoms with Crippen molar-refractivity contribution in [1.29, 1.82) is 0 Å². The summed E-state index contributed by atoms with van der Waals surface area (Å²) < 4.78 is 0.490. The summed E-state index contributed by atoms with van der Waals surface area (Å²) in [5.41, 5.74) is 1.77. The van der Waals surface area contributed by atoms with Gasteiger partial charge < -0.3 is 0 Å². The first-order chi connectivity index (χ1) is 10.5. The number of halogens is 2. The van der Waals surface area contributed by atoms with Crippen molar-refractivity contribution in [1.82, 2.24) is 0 Å². The molecule has 2 nitrogen and oxygen atoms in total. The van der Waals surface area contributed by atoms with Crippen LogP contribution in [0.1, 0.15) is 10.4 Å². The van der Waals surface area contributed by atoms with Crippen molar-refractivity contribution in [2.45, 2.75) is 6.92 Å². The molecule has 2 heterocycles. The van der Waals surface area contributed by atoms with Crippen LogP contribution in [0.4, 0.5) is 5.69 Å². The fourth-order valence-corrected chi connectivity index (χ4v) is 4.47. The highest BCUT2D eigenvalue weighted by Crippen LogP contribution is 2.38. The molecule has 0 bridgehead atoms. The molecule has 1 aliphatic heterocycles. The monoisotopic (exact) mass is 385 g/mol. The molecule has 0 aliphatic carbocycles. The van der Waals surface area contributed by atoms with Gasteiger partial charge in [-0.2, -0.15) is 0 Å². The molecular formula is C15H9Cl2NOS3. The molecule has 22 heavy (non-hydrogen) atoms. The number of hydrogen-bond donors (Lipinski definition) is 0. The quantitative estimate of drug-likeness (QED) is 0.483. The molecule has 0 N–H and O–H groups in total. The van der Waals surface area contributed by atoms with Crippen LogP contribution in [0.3, 0.4) is 0 Å². The average Bonchev–Trinajstić information content (AvgIpc) is 2.99. The lowest BCUT2D eigenvalue weighted by Crippen LogP contribution is -2.27. The van der Waals surface area contributed by atoms with E-state index in [1.54, 1.807) is 29.5 Å². The van der Waals surface area contributed by atoms with E-state index in [9.17, 15) is 4.79 Å². The minimum absolute atomic E-state index is 0.138. The molecule has 7 heteroatoms. The summed E-state index contributed by atoms with van der Waals surface area (Å²) in [5.74, 6) is -0.138. The van der Waals surface area contributed by atoms with Crippen LogP contribution in [0.25, 0.3) is 6.08 Å². The van der Waals surface area contributed by atoms with Gasteiger partial charge in [-0.15, -0.1) is 11.3 Å². The maximum absolute atomic E-state index is 12.6. The number of thiocarbonyl (C=S) groups is 1. The number of amides is 1. The van der Waals surface area contributed by atoms with Gasteiger partial charge in [-0.3, -0.25) is 9.69 Å². The van der Waals surface area contributed by atoms with E-state index in [2.05, 4.69) is 0 Å². The average molecular weight is 386 g/mol. The minimum Gasteiger partial charge on any atom is -0.268 e. The zero-order valence-electron chi connectivity index (χ0n) is 11.3. The first-order valence-electron chi connectivity index (χ1n) is 6.24. The van der Waals surface area contributed by atoms with E-state index in [0.717, 1.165) is 10.4 Å². The minimum atomic E-state index is -0.138. The van der Waals surface area contributed by atoms with Gasteiger partial charge in [0.25, 0.3) is 5.91 Å². The number of carbonyl (C=O) groups excluding carboxylic acids is 1. The van der Waals surface area contributed by atoms with Gasteiger partial charge in [0.15, 0.2) is 4.32 Å². The summed E-state index contributed by atoms with van der Waals surface area (Å²) in [6.45, 7) is 2.02. The van der Waals surface area contributed by atoms with E-state index >= 15 is 0 Å². The Morgan fingerprint density at radius 2 is 2.00 bits per heavy atom. The Hall–Kier alpha value is -0.850. The van der Waals surface area contributed by atoms with E-state index < -0.39 is 0 Å². The van der Waals surface area contributed by atoms with Crippen LogP contribution in [0.2, 0.25) is 10.0 Å². The zero-order chi connectivity index (χ0) is 15.9. The Balaban J connectivity index is 1.96. The van der Waals surface area contributed by atoms with E-state index in [0.29, 0.717) is 25.0 Å². The highest BCUT2D eigenvalue weighted by Gasteiger charge is 2.33. The summed E-state index contributed by atoms with van der Waals surface area (Å²) in [7, 11) is 0. The lowest BCUT2D eigenvalue weighted by atomic mass is 10.2. The fourth-order valence-electron chi connectivity index (χ4n) is 1.97. The third-order valence-electron chi connectivity index (χ3n) is 3.12. The van der Waals surface area contributed by atoms with Gasteiger partial charge in [-0.1, -0.05) is 47.2 Å². The van der Waals surface area contributed by atoms with Crippen LogP contribution in [0.5, 0.6) is 0 Å². The third kappa shape index (κ3) is 2.96. The van der Waals surface area contributed by atoms with E-state index in [1.165, 1.54) is 16.7 Å². The number of carbonyl (C=O) groups is 1. The smallest absolute Gasteiger partial charge is 0.268 e. The maximum Gasteiger partial charge on any atom is 0.270 e. The summed E-state index contributed by atoms with van der Waals surface area (Å²) in [5, 5.41) is 2.84. The topological polar surface area (TPSA) is 20.3 Å². The largest absolute Gasteiger partial charge is 0.270 e. The van der Waals surface area contributed by atoms with Gasteiger partial charge in [-0.05, 0) is 48.2 Å². The fraction of sp³-hybridized carbons (Fsp3) is 0.0667. The summed E-state index contributed by atoms with van der Waals surface area (Å²) >= 11 is 20.2. The summed E-state index contributed by atoms with van der Waals surface area (Å²) in [4.78, 5) is 15.8. The van der Waals surface area contributed by atoms with Gasteiger partial charge in [0.05, 0.1) is 20.6 Å². The molecule has 1 aromatic heterocycles. The van der Waals surface area contributed by atoms with Crippen molar-refractivity contribution >= 4 is 80.5 Å². The van der Waals surface area contributed by atoms with Gasteiger partial charge in [-0.25, -0.2) is 0 Å². The molecule has 112 valence electrons. The molecule has 0 spiro atoms. The lowest BCUT2D eigenvalue weighted by molar-refractivity contribution is -0.113. The first-order valence-corrected chi connectivity index (χ1v) is 9.10. The van der Waals surface area contributed by atoms with Crippen molar-refractivity contribution in [2.24, 2.45) is 0 Å². The van der Waals surface area contributed by atoms with E-state index in [4.69, 9.17) is 35.4 Å². The Bertz CT molecular complexity index is 813. The van der Waals surface area contributed by atoms with Crippen LogP contribution in [-0.2, 0) is 4.79 Å². The van der Waals surface area contributed by atoms with Crippen molar-refractivity contribution in [3.05, 3.63) is 55.0 Å². The molecule has 1 saturated heterocycles. The molecule has 1 aliphatic rings. The molecule has 0 atom stereocenters. The number of nitrogens with zero attached hydrogens (tertiary/aromatic N) is 1. The third-order valence-corrected chi connectivity index (χ3v) is 6.13. The molecule has 1 fully saturated rings. The van der Waals surface area contributed by atoms with E-state index in [1.807, 2.05) is 24.4 Å². The summed E-state index contributed by atoms with van der Waals surface area (Å²) in [6, 6.07) is 7.06. The van der Waals surface area contributed by atoms with Crippen molar-refractivity contribution < 1.29 is 4.79 Å². The zero-order valence-corrected chi connectivity index (χ0v) is 15.3. The second-order valence-electron chi connectivity index (χ2n) is 4.58. The first kappa shape index (κ1) is 16.0. The summed E-state index contributed by atoms with van der Waals surface area (Å²) in [6.07, 6.45) is 1.89. The molecule has 0 unspecified atom stereocenters. The Morgan fingerprint density at radius 1 is 1.23 bits per heavy atom. The van der Waals surface area contributed by atoms with Gasteiger partial charge in [0, 0.05) is 4.88 Å². The predicted octanol–water partition coefficient (Wildman–Crippen LogP) is 5.77. The number of hydrogen-bond acceptors (Lipinski definition) is 4. The van der Waals surface area contributed by atoms with Crippen molar-refractivity contribution in [2.75, 3.05) is 4.90 Å². The lowest BCUT2D eigenvalue weighted by Gasteiger charge is -2.15. The SMILES string of the molecule is Cc1ccsc1/C=C1/SC(=S)N(c2ccc(Cl)c(Cl)c2)C1=O. The van der Waals surface area contributed by atoms with Gasteiger partial charge in [0.1, 0.15) is 0 Å². The van der Waals surface area contributed by atoms with Gasteiger partial charge in [0.2, 0.25) is 0 Å². The second-order valence-corrected chi connectivity index (χ2v) is 8.02. The predicted molar refractivity (Wildman–Crippen MR) is 101 cm³/mol. The van der Waals surface area contributed by atoms with E-state index in [-0.39, 0.29) is 5.91 Å². The molecule has 3 rings (SSSR count). The molecule has 0 saturated carbocycles. The highest BCUT2D eigenvalue weighted by atomic mass is 35.5. The van der Waals surface area contributed by atoms with Crippen molar-refractivity contribution in [3.8, 4) is 0 Å². The van der Waals surface area contributed by atoms with Crippen LogP contribution >= 0.6 is 58.5 Å². The van der Waals surface area contributed by atoms with Gasteiger partial charge >= 0.3 is 0 Å². The molecule has 2 aromatic rings. The number of thiophene rings is 1. The van der Waals surface area contributed by atoms with Crippen LogP contribution in [-0.4, -0.2) is 10.2 Å². The number of anilines is 1. The molecular weight excluding hydrogens is 377 g/mol. The maximum atomic E-state index is 12.6.